The van der Waals surface area contributed by atoms with Crippen molar-refractivity contribution in [3.63, 3.8) is 0 Å². The second kappa shape index (κ2) is 7.86. The molecular weight excluding hydrogens is 350 g/mol. The van der Waals surface area contributed by atoms with Crippen LogP contribution in [-0.2, 0) is 4.79 Å². The zero-order chi connectivity index (χ0) is 18.7. The maximum atomic E-state index is 12.8. The van der Waals surface area contributed by atoms with Crippen LogP contribution in [0.4, 0.5) is 10.8 Å². The minimum absolute atomic E-state index is 0.0764. The van der Waals surface area contributed by atoms with E-state index < -0.39 is 0 Å². The highest BCUT2D eigenvalue weighted by Crippen LogP contribution is 2.33. The molecule has 138 valence electrons. The van der Waals surface area contributed by atoms with Crippen LogP contribution in [0.2, 0.25) is 0 Å². The van der Waals surface area contributed by atoms with Gasteiger partial charge in [0.25, 0.3) is 5.91 Å². The Labute approximate surface area is 157 Å². The summed E-state index contributed by atoms with van der Waals surface area (Å²) in [6.07, 6.45) is 1.38. The quantitative estimate of drug-likeness (QED) is 0.829. The number of anilines is 2. The molecule has 26 heavy (non-hydrogen) atoms. The first-order chi connectivity index (χ1) is 12.5. The van der Waals surface area contributed by atoms with Crippen molar-refractivity contribution in [2.24, 2.45) is 0 Å². The van der Waals surface area contributed by atoms with Crippen LogP contribution in [0.5, 0.6) is 5.75 Å². The molecule has 0 bridgehead atoms. The van der Waals surface area contributed by atoms with Gasteiger partial charge in [-0.25, -0.2) is 4.98 Å². The molecule has 7 heteroatoms. The third kappa shape index (κ3) is 3.88. The van der Waals surface area contributed by atoms with E-state index >= 15 is 0 Å². The third-order valence-electron chi connectivity index (χ3n) is 4.12. The maximum absolute atomic E-state index is 12.8. The van der Waals surface area contributed by atoms with Crippen LogP contribution in [0.25, 0.3) is 0 Å². The topological polar surface area (TPSA) is 71.5 Å². The molecule has 2 heterocycles. The van der Waals surface area contributed by atoms with Crippen LogP contribution in [0.1, 0.15) is 54.9 Å². The van der Waals surface area contributed by atoms with Crippen molar-refractivity contribution in [2.75, 3.05) is 23.4 Å². The molecule has 0 unspecified atom stereocenters. The highest BCUT2D eigenvalue weighted by molar-refractivity contribution is 7.18. The smallest absolute Gasteiger partial charge is 0.267 e. The highest BCUT2D eigenvalue weighted by atomic mass is 32.1. The van der Waals surface area contributed by atoms with E-state index in [1.54, 1.807) is 4.90 Å². The number of ether oxygens (including phenoxy) is 1. The van der Waals surface area contributed by atoms with Gasteiger partial charge >= 0.3 is 0 Å². The van der Waals surface area contributed by atoms with Gasteiger partial charge < -0.3 is 10.1 Å². The summed E-state index contributed by atoms with van der Waals surface area (Å²) in [5, 5.41) is 3.53. The first kappa shape index (κ1) is 18.4. The number of benzene rings is 1. The molecule has 1 N–H and O–H groups in total. The van der Waals surface area contributed by atoms with Crippen molar-refractivity contribution < 1.29 is 14.3 Å². The molecule has 6 nitrogen and oxygen atoms in total. The summed E-state index contributed by atoms with van der Waals surface area (Å²) in [5.74, 6) is 0.737. The Balaban J connectivity index is 1.81. The standard InChI is InChI=1S/C19H23N3O3S/c1-4-25-14-9-7-13(8-10-14)20-18(24)17-16(12(2)3)21-19(26-17)22-11-5-6-15(22)23/h7-10,12H,4-6,11H2,1-3H3,(H,20,24). The van der Waals surface area contributed by atoms with E-state index in [-0.39, 0.29) is 17.7 Å². The van der Waals surface area contributed by atoms with Crippen LogP contribution >= 0.6 is 11.3 Å². The van der Waals surface area contributed by atoms with Gasteiger partial charge in [0.15, 0.2) is 5.13 Å². The van der Waals surface area contributed by atoms with Crippen molar-refractivity contribution in [3.8, 4) is 5.75 Å². The molecule has 0 spiro atoms. The van der Waals surface area contributed by atoms with E-state index in [1.807, 2.05) is 45.0 Å². The Morgan fingerprint density at radius 2 is 2.08 bits per heavy atom. The van der Waals surface area contributed by atoms with E-state index in [0.717, 1.165) is 17.9 Å². The maximum Gasteiger partial charge on any atom is 0.267 e. The van der Waals surface area contributed by atoms with Crippen molar-refractivity contribution in [3.05, 3.63) is 34.8 Å². The average molecular weight is 373 g/mol. The van der Waals surface area contributed by atoms with Crippen LogP contribution in [0, 0.1) is 0 Å². The van der Waals surface area contributed by atoms with Crippen LogP contribution in [0.3, 0.4) is 0 Å². The fourth-order valence-electron chi connectivity index (χ4n) is 2.83. The number of carbonyl (C=O) groups excluding carboxylic acids is 2. The lowest BCUT2D eigenvalue weighted by molar-refractivity contribution is -0.117. The van der Waals surface area contributed by atoms with Crippen LogP contribution in [-0.4, -0.2) is 29.9 Å². The minimum Gasteiger partial charge on any atom is -0.494 e. The van der Waals surface area contributed by atoms with Crippen molar-refractivity contribution >= 4 is 34.0 Å². The predicted octanol–water partition coefficient (Wildman–Crippen LogP) is 4.04. The second-order valence-electron chi connectivity index (χ2n) is 6.43. The van der Waals surface area contributed by atoms with Gasteiger partial charge in [-0.2, -0.15) is 0 Å². The normalized spacial score (nSPS) is 14.2. The molecule has 1 aromatic heterocycles. The van der Waals surface area contributed by atoms with Crippen LogP contribution in [0.15, 0.2) is 24.3 Å². The van der Waals surface area contributed by atoms with E-state index in [4.69, 9.17) is 4.74 Å². The monoisotopic (exact) mass is 373 g/mol. The molecule has 1 fully saturated rings. The fraction of sp³-hybridized carbons (Fsp3) is 0.421. The van der Waals surface area contributed by atoms with E-state index in [1.165, 1.54) is 11.3 Å². The first-order valence-electron chi connectivity index (χ1n) is 8.85. The number of thiazole rings is 1. The highest BCUT2D eigenvalue weighted by Gasteiger charge is 2.28. The Bertz CT molecular complexity index is 799. The molecule has 3 rings (SSSR count). The number of rotatable bonds is 6. The Morgan fingerprint density at radius 3 is 2.65 bits per heavy atom. The summed E-state index contributed by atoms with van der Waals surface area (Å²) in [7, 11) is 0. The summed E-state index contributed by atoms with van der Waals surface area (Å²) in [5.41, 5.74) is 1.42. The van der Waals surface area contributed by atoms with Crippen LogP contribution < -0.4 is 15.0 Å². The summed E-state index contributed by atoms with van der Waals surface area (Å²) in [6.45, 7) is 7.19. The van der Waals surface area contributed by atoms with Crippen molar-refractivity contribution in [2.45, 2.75) is 39.5 Å². The Morgan fingerprint density at radius 1 is 1.35 bits per heavy atom. The number of amides is 2. The molecule has 0 aliphatic carbocycles. The van der Waals surface area contributed by atoms with Gasteiger partial charge in [0, 0.05) is 18.7 Å². The molecular formula is C19H23N3O3S. The Hall–Kier alpha value is -2.41. The molecule has 0 saturated carbocycles. The van der Waals surface area contributed by atoms with Gasteiger partial charge in [0.05, 0.1) is 12.3 Å². The number of aromatic nitrogens is 1. The number of nitrogens with zero attached hydrogens (tertiary/aromatic N) is 2. The number of carbonyl (C=O) groups is 2. The molecule has 1 aliphatic rings. The van der Waals surface area contributed by atoms with Gasteiger partial charge in [0.1, 0.15) is 10.6 Å². The molecule has 0 radical (unpaired) electrons. The lowest BCUT2D eigenvalue weighted by Crippen LogP contribution is -2.23. The largest absolute Gasteiger partial charge is 0.494 e. The van der Waals surface area contributed by atoms with Crippen molar-refractivity contribution in [1.82, 2.24) is 4.98 Å². The number of hydrogen-bond donors (Lipinski definition) is 1. The van der Waals surface area contributed by atoms with Gasteiger partial charge in [-0.15, -0.1) is 0 Å². The van der Waals surface area contributed by atoms with E-state index in [0.29, 0.717) is 35.3 Å². The van der Waals surface area contributed by atoms with Gasteiger partial charge in [-0.1, -0.05) is 25.2 Å². The molecule has 0 atom stereocenters. The molecule has 1 saturated heterocycles. The van der Waals surface area contributed by atoms with Gasteiger partial charge in [-0.05, 0) is 43.5 Å². The summed E-state index contributed by atoms with van der Waals surface area (Å²) >= 11 is 1.28. The van der Waals surface area contributed by atoms with E-state index in [2.05, 4.69) is 10.3 Å². The Kier molecular flexibility index (Phi) is 5.56. The second-order valence-corrected chi connectivity index (χ2v) is 7.40. The summed E-state index contributed by atoms with van der Waals surface area (Å²) in [4.78, 5) is 31.6. The molecule has 2 aromatic rings. The predicted molar refractivity (Wildman–Crippen MR) is 103 cm³/mol. The fourth-order valence-corrected chi connectivity index (χ4v) is 3.99. The molecule has 1 aliphatic heterocycles. The zero-order valence-corrected chi connectivity index (χ0v) is 16.1. The minimum atomic E-state index is -0.201. The SMILES string of the molecule is CCOc1ccc(NC(=O)c2sc(N3CCCC3=O)nc2C(C)C)cc1. The number of hydrogen-bond acceptors (Lipinski definition) is 5. The molecule has 2 amide bonds. The number of nitrogens with one attached hydrogen (secondary N) is 1. The van der Waals surface area contributed by atoms with Gasteiger partial charge in [0.2, 0.25) is 5.91 Å². The lowest BCUT2D eigenvalue weighted by Gasteiger charge is -2.10. The summed E-state index contributed by atoms with van der Waals surface area (Å²) in [6, 6.07) is 7.26. The lowest BCUT2D eigenvalue weighted by atomic mass is 10.1. The first-order valence-corrected chi connectivity index (χ1v) is 9.66. The molecule has 1 aromatic carbocycles. The zero-order valence-electron chi connectivity index (χ0n) is 15.2. The summed E-state index contributed by atoms with van der Waals surface area (Å²) < 4.78 is 5.41. The third-order valence-corrected chi connectivity index (χ3v) is 5.22. The van der Waals surface area contributed by atoms with Gasteiger partial charge in [-0.3, -0.25) is 14.5 Å². The average Bonchev–Trinajstić information content (AvgIpc) is 3.23. The van der Waals surface area contributed by atoms with E-state index in [9.17, 15) is 9.59 Å². The van der Waals surface area contributed by atoms with Crippen molar-refractivity contribution in [1.29, 1.82) is 0 Å².